The minimum absolute atomic E-state index is 0.414. The number of anilines is 2. The maximum atomic E-state index is 5.82. The normalized spacial score (nSPS) is 23.3. The Labute approximate surface area is 115 Å². The first-order chi connectivity index (χ1) is 9.17. The summed E-state index contributed by atoms with van der Waals surface area (Å²) in [7, 11) is 0. The number of nitrogens with zero attached hydrogens (tertiary/aromatic N) is 2. The van der Waals surface area contributed by atoms with Crippen LogP contribution in [0.2, 0.25) is 0 Å². The van der Waals surface area contributed by atoms with Gasteiger partial charge in [-0.2, -0.15) is 0 Å². The second-order valence-corrected chi connectivity index (χ2v) is 5.34. The zero-order valence-corrected chi connectivity index (χ0v) is 11.9. The highest BCUT2D eigenvalue weighted by Crippen LogP contribution is 2.26. The van der Waals surface area contributed by atoms with Crippen LogP contribution >= 0.6 is 0 Å². The van der Waals surface area contributed by atoms with Crippen molar-refractivity contribution < 1.29 is 4.74 Å². The number of nitrogens with two attached hydrogens (primary N) is 1. The molecule has 1 heterocycles. The van der Waals surface area contributed by atoms with Crippen molar-refractivity contribution in [2.24, 2.45) is 5.92 Å². The van der Waals surface area contributed by atoms with E-state index in [4.69, 9.17) is 10.5 Å². The predicted molar refractivity (Wildman–Crippen MR) is 76.8 cm³/mol. The maximum Gasteiger partial charge on any atom is 0.158 e. The minimum atomic E-state index is 0.414. The summed E-state index contributed by atoms with van der Waals surface area (Å²) in [5.41, 5.74) is 5.82. The predicted octanol–water partition coefficient (Wildman–Crippen LogP) is 2.59. The summed E-state index contributed by atoms with van der Waals surface area (Å²) in [6.07, 6.45) is 5.02. The van der Waals surface area contributed by atoms with E-state index in [-0.39, 0.29) is 0 Å². The highest BCUT2D eigenvalue weighted by Gasteiger charge is 2.19. The summed E-state index contributed by atoms with van der Waals surface area (Å²) in [5.74, 6) is 2.75. The molecule has 2 atom stereocenters. The zero-order valence-electron chi connectivity index (χ0n) is 11.9. The van der Waals surface area contributed by atoms with Crippen molar-refractivity contribution in [2.45, 2.75) is 52.2 Å². The minimum Gasteiger partial charge on any atom is -0.384 e. The molecule has 0 saturated heterocycles. The molecule has 1 aromatic heterocycles. The Morgan fingerprint density at radius 3 is 3.00 bits per heavy atom. The van der Waals surface area contributed by atoms with E-state index in [0.29, 0.717) is 30.9 Å². The van der Waals surface area contributed by atoms with Crippen molar-refractivity contribution in [3.05, 3.63) is 11.9 Å². The summed E-state index contributed by atoms with van der Waals surface area (Å²) in [6.45, 7) is 5.33. The number of nitrogen functional groups attached to an aromatic ring is 1. The number of hydrogen-bond acceptors (Lipinski definition) is 5. The van der Waals surface area contributed by atoms with E-state index >= 15 is 0 Å². The summed E-state index contributed by atoms with van der Waals surface area (Å²) >= 11 is 0. The number of rotatable bonds is 5. The van der Waals surface area contributed by atoms with Gasteiger partial charge in [0.15, 0.2) is 5.82 Å². The Balaban J connectivity index is 2.00. The van der Waals surface area contributed by atoms with Gasteiger partial charge in [0.25, 0.3) is 0 Å². The van der Waals surface area contributed by atoms with Crippen LogP contribution in [0.5, 0.6) is 0 Å². The molecule has 5 nitrogen and oxygen atoms in total. The fourth-order valence-corrected chi connectivity index (χ4v) is 2.62. The molecule has 1 aromatic rings. The van der Waals surface area contributed by atoms with E-state index in [1.807, 2.05) is 6.92 Å². The van der Waals surface area contributed by atoms with Crippen LogP contribution in [0.4, 0.5) is 11.6 Å². The smallest absolute Gasteiger partial charge is 0.158 e. The van der Waals surface area contributed by atoms with E-state index in [0.717, 1.165) is 11.7 Å². The highest BCUT2D eigenvalue weighted by atomic mass is 16.5. The molecule has 1 aliphatic carbocycles. The van der Waals surface area contributed by atoms with Crippen LogP contribution in [0.3, 0.4) is 0 Å². The van der Waals surface area contributed by atoms with Gasteiger partial charge in [-0.3, -0.25) is 0 Å². The average molecular weight is 264 g/mol. The van der Waals surface area contributed by atoms with Crippen molar-refractivity contribution >= 4 is 11.6 Å². The molecule has 1 saturated carbocycles. The van der Waals surface area contributed by atoms with Gasteiger partial charge in [0.05, 0.1) is 0 Å². The number of nitrogens with one attached hydrogen (secondary N) is 1. The molecule has 0 aromatic carbocycles. The standard InChI is InChI=1S/C14H24N4O/c1-3-19-9-14-17-12(15)8-13(18-14)16-11-6-4-5-10(2)7-11/h8,10-11H,3-7,9H2,1-2H3,(H3,15,16,17,18). The molecular formula is C14H24N4O. The highest BCUT2D eigenvalue weighted by molar-refractivity contribution is 5.45. The molecule has 19 heavy (non-hydrogen) atoms. The molecule has 0 aliphatic heterocycles. The lowest BCUT2D eigenvalue weighted by Gasteiger charge is -2.28. The van der Waals surface area contributed by atoms with E-state index in [1.54, 1.807) is 6.07 Å². The molecule has 5 heteroatoms. The molecule has 106 valence electrons. The van der Waals surface area contributed by atoms with Crippen molar-refractivity contribution in [1.82, 2.24) is 9.97 Å². The van der Waals surface area contributed by atoms with Crippen LogP contribution in [0, 0.1) is 5.92 Å². The molecular weight excluding hydrogens is 240 g/mol. The Bertz CT molecular complexity index is 410. The summed E-state index contributed by atoms with van der Waals surface area (Å²) in [6, 6.07) is 2.30. The van der Waals surface area contributed by atoms with Gasteiger partial charge in [0.1, 0.15) is 18.2 Å². The largest absolute Gasteiger partial charge is 0.384 e. The number of hydrogen-bond donors (Lipinski definition) is 2. The summed E-state index contributed by atoms with van der Waals surface area (Å²) in [5, 5.41) is 3.48. The van der Waals surface area contributed by atoms with Gasteiger partial charge in [-0.25, -0.2) is 9.97 Å². The SMILES string of the molecule is CCOCc1nc(N)cc(NC2CCCC(C)C2)n1. The molecule has 0 spiro atoms. The third-order valence-corrected chi connectivity index (χ3v) is 3.52. The van der Waals surface area contributed by atoms with Gasteiger partial charge >= 0.3 is 0 Å². The molecule has 0 radical (unpaired) electrons. The quantitative estimate of drug-likeness (QED) is 0.855. The average Bonchev–Trinajstić information content (AvgIpc) is 2.35. The molecule has 1 aliphatic rings. The second kappa shape index (κ2) is 6.70. The van der Waals surface area contributed by atoms with E-state index < -0.39 is 0 Å². The lowest BCUT2D eigenvalue weighted by molar-refractivity contribution is 0.128. The van der Waals surface area contributed by atoms with Gasteiger partial charge in [0.2, 0.25) is 0 Å². The van der Waals surface area contributed by atoms with Gasteiger partial charge < -0.3 is 15.8 Å². The van der Waals surface area contributed by atoms with Gasteiger partial charge in [-0.1, -0.05) is 19.8 Å². The van der Waals surface area contributed by atoms with Crippen LogP contribution < -0.4 is 11.1 Å². The third kappa shape index (κ3) is 4.35. The number of aromatic nitrogens is 2. The van der Waals surface area contributed by atoms with Crippen LogP contribution in [0.1, 0.15) is 45.4 Å². The topological polar surface area (TPSA) is 73.1 Å². The summed E-state index contributed by atoms with van der Waals surface area (Å²) < 4.78 is 5.33. The molecule has 2 unspecified atom stereocenters. The Morgan fingerprint density at radius 2 is 2.26 bits per heavy atom. The van der Waals surface area contributed by atoms with Crippen LogP contribution in [-0.2, 0) is 11.3 Å². The van der Waals surface area contributed by atoms with Crippen molar-refractivity contribution in [2.75, 3.05) is 17.7 Å². The van der Waals surface area contributed by atoms with E-state index in [1.165, 1.54) is 25.7 Å². The molecule has 0 bridgehead atoms. The van der Waals surface area contributed by atoms with Crippen LogP contribution in [0.15, 0.2) is 6.07 Å². The van der Waals surface area contributed by atoms with Gasteiger partial charge in [0, 0.05) is 18.7 Å². The fourth-order valence-electron chi connectivity index (χ4n) is 2.62. The first-order valence-electron chi connectivity index (χ1n) is 7.15. The molecule has 2 rings (SSSR count). The Kier molecular flexibility index (Phi) is 4.96. The zero-order chi connectivity index (χ0) is 13.7. The lowest BCUT2D eigenvalue weighted by atomic mass is 9.87. The number of ether oxygens (including phenoxy) is 1. The van der Waals surface area contributed by atoms with Crippen molar-refractivity contribution in [1.29, 1.82) is 0 Å². The molecule has 0 amide bonds. The first kappa shape index (κ1) is 14.1. The molecule has 3 N–H and O–H groups in total. The Hall–Kier alpha value is -1.36. The third-order valence-electron chi connectivity index (χ3n) is 3.52. The van der Waals surface area contributed by atoms with Gasteiger partial charge in [-0.05, 0) is 25.7 Å². The van der Waals surface area contributed by atoms with Gasteiger partial charge in [-0.15, -0.1) is 0 Å². The van der Waals surface area contributed by atoms with Crippen LogP contribution in [-0.4, -0.2) is 22.6 Å². The van der Waals surface area contributed by atoms with Crippen molar-refractivity contribution in [3.63, 3.8) is 0 Å². The van der Waals surface area contributed by atoms with Crippen LogP contribution in [0.25, 0.3) is 0 Å². The molecule has 1 fully saturated rings. The van der Waals surface area contributed by atoms with Crippen molar-refractivity contribution in [3.8, 4) is 0 Å². The van der Waals surface area contributed by atoms with E-state index in [2.05, 4.69) is 22.2 Å². The summed E-state index contributed by atoms with van der Waals surface area (Å²) in [4.78, 5) is 8.64. The van der Waals surface area contributed by atoms with E-state index in [9.17, 15) is 0 Å². The maximum absolute atomic E-state index is 5.82. The lowest BCUT2D eigenvalue weighted by Crippen LogP contribution is -2.27. The fraction of sp³-hybridized carbons (Fsp3) is 0.714. The second-order valence-electron chi connectivity index (χ2n) is 5.34. The monoisotopic (exact) mass is 264 g/mol. The Morgan fingerprint density at radius 1 is 1.42 bits per heavy atom. The first-order valence-corrected chi connectivity index (χ1v) is 7.15.